The molecule has 0 saturated heterocycles. The number of hydrogen-bond acceptors (Lipinski definition) is 6. The highest BCUT2D eigenvalue weighted by Gasteiger charge is 2.34. The number of amides is 1. The van der Waals surface area contributed by atoms with Gasteiger partial charge in [-0.15, -0.1) is 0 Å². The normalized spacial score (nSPS) is 14.6. The molecule has 0 aliphatic carbocycles. The lowest BCUT2D eigenvalue weighted by molar-refractivity contribution is -0.113. The number of carbonyl (C=O) groups excluding carboxylic acids is 1. The van der Waals surface area contributed by atoms with Gasteiger partial charge in [0.15, 0.2) is 11.5 Å². The first kappa shape index (κ1) is 23.1. The molecule has 9 heteroatoms. The summed E-state index contributed by atoms with van der Waals surface area (Å²) >= 11 is 0. The van der Waals surface area contributed by atoms with E-state index in [0.29, 0.717) is 40.0 Å². The van der Waals surface area contributed by atoms with E-state index >= 15 is 0 Å². The van der Waals surface area contributed by atoms with Crippen LogP contribution in [0.4, 0.5) is 16.0 Å². The Bertz CT molecular complexity index is 1430. The molecule has 2 heterocycles. The van der Waals surface area contributed by atoms with Crippen LogP contribution < -0.4 is 20.1 Å². The number of benzene rings is 3. The second-order valence-corrected chi connectivity index (χ2v) is 8.20. The first-order chi connectivity index (χ1) is 17.5. The second-order valence-electron chi connectivity index (χ2n) is 8.20. The van der Waals surface area contributed by atoms with Crippen LogP contribution in [0.5, 0.6) is 11.5 Å². The maximum Gasteiger partial charge on any atom is 0.255 e. The summed E-state index contributed by atoms with van der Waals surface area (Å²) in [5.41, 5.74) is 3.01. The topological polar surface area (TPSA) is 90.3 Å². The monoisotopic (exact) mass is 485 g/mol. The van der Waals surface area contributed by atoms with Crippen molar-refractivity contribution in [3.8, 4) is 11.5 Å². The van der Waals surface area contributed by atoms with Gasteiger partial charge in [-0.25, -0.2) is 9.07 Å². The van der Waals surface area contributed by atoms with Gasteiger partial charge < -0.3 is 20.1 Å². The average molecular weight is 486 g/mol. The van der Waals surface area contributed by atoms with Crippen LogP contribution in [0.1, 0.15) is 24.1 Å². The van der Waals surface area contributed by atoms with Gasteiger partial charge in [0, 0.05) is 16.9 Å². The Morgan fingerprint density at radius 2 is 1.86 bits per heavy atom. The molecule has 0 spiro atoms. The Balaban J connectivity index is 1.48. The first-order valence-electron chi connectivity index (χ1n) is 11.3. The second kappa shape index (κ2) is 9.91. The molecule has 0 fully saturated rings. The van der Waals surface area contributed by atoms with Crippen molar-refractivity contribution in [3.63, 3.8) is 0 Å². The smallest absolute Gasteiger partial charge is 0.255 e. The van der Waals surface area contributed by atoms with E-state index < -0.39 is 6.04 Å². The lowest BCUT2D eigenvalue weighted by Gasteiger charge is -2.29. The highest BCUT2D eigenvalue weighted by atomic mass is 19.1. The van der Waals surface area contributed by atoms with Gasteiger partial charge in [-0.2, -0.15) is 10.1 Å². The van der Waals surface area contributed by atoms with Crippen molar-refractivity contribution >= 4 is 17.5 Å². The van der Waals surface area contributed by atoms with Gasteiger partial charge in [0.25, 0.3) is 5.91 Å². The van der Waals surface area contributed by atoms with Crippen LogP contribution in [0.25, 0.3) is 0 Å². The van der Waals surface area contributed by atoms with Gasteiger partial charge in [0.1, 0.15) is 24.8 Å². The molecule has 0 saturated carbocycles. The zero-order chi connectivity index (χ0) is 25.1. The van der Waals surface area contributed by atoms with Crippen LogP contribution in [0.2, 0.25) is 0 Å². The lowest BCUT2D eigenvalue weighted by Crippen LogP contribution is -2.31. The standard InChI is InChI=1S/C27H24FN5O3/c1-17-24(26(34)32-20-9-4-3-5-10-20)25(33-27(31-17)29-16-30-33)18-12-13-22(23(14-18)35-2)36-15-19-8-6-7-11-21(19)28/h3-14,16,25H,15H2,1-2H3,(H,32,34)(H,29,30,31)/t25-/m0/s1. The van der Waals surface area contributed by atoms with Crippen molar-refractivity contribution in [2.75, 3.05) is 17.7 Å². The van der Waals surface area contributed by atoms with Crippen molar-refractivity contribution < 1.29 is 18.7 Å². The van der Waals surface area contributed by atoms with Gasteiger partial charge in [-0.1, -0.05) is 42.5 Å². The van der Waals surface area contributed by atoms with Crippen molar-refractivity contribution in [2.45, 2.75) is 19.6 Å². The average Bonchev–Trinajstić information content (AvgIpc) is 3.36. The number of carbonyl (C=O) groups is 1. The Morgan fingerprint density at radius 3 is 2.64 bits per heavy atom. The molecule has 3 aromatic carbocycles. The third-order valence-corrected chi connectivity index (χ3v) is 5.92. The maximum absolute atomic E-state index is 14.0. The Hall–Kier alpha value is -4.66. The number of aromatic nitrogens is 3. The molecule has 1 aliphatic rings. The Morgan fingerprint density at radius 1 is 1.08 bits per heavy atom. The van der Waals surface area contributed by atoms with Crippen LogP contribution in [0, 0.1) is 5.82 Å². The van der Waals surface area contributed by atoms with Gasteiger partial charge in [-0.3, -0.25) is 4.79 Å². The van der Waals surface area contributed by atoms with Crippen LogP contribution in [-0.2, 0) is 11.4 Å². The first-order valence-corrected chi connectivity index (χ1v) is 11.3. The summed E-state index contributed by atoms with van der Waals surface area (Å²) in [7, 11) is 1.53. The third kappa shape index (κ3) is 4.50. The SMILES string of the molecule is COc1cc([C@H]2C(C(=O)Nc3ccccc3)=C(C)Nc3ncnn32)ccc1OCc1ccccc1F. The number of methoxy groups -OCH3 is 1. The number of nitrogens with zero attached hydrogens (tertiary/aromatic N) is 3. The fourth-order valence-electron chi connectivity index (χ4n) is 4.16. The molecule has 1 atom stereocenters. The van der Waals surface area contributed by atoms with Gasteiger partial charge in [0.05, 0.1) is 12.7 Å². The number of allylic oxidation sites excluding steroid dienone is 1. The number of nitrogens with one attached hydrogen (secondary N) is 2. The van der Waals surface area contributed by atoms with Crippen LogP contribution in [0.3, 0.4) is 0 Å². The summed E-state index contributed by atoms with van der Waals surface area (Å²) in [4.78, 5) is 17.7. The highest BCUT2D eigenvalue weighted by Crippen LogP contribution is 2.39. The third-order valence-electron chi connectivity index (χ3n) is 5.92. The molecule has 1 amide bonds. The predicted octanol–water partition coefficient (Wildman–Crippen LogP) is 4.93. The van der Waals surface area contributed by atoms with E-state index in [0.717, 1.165) is 5.56 Å². The number of ether oxygens (including phenoxy) is 2. The molecule has 1 aliphatic heterocycles. The van der Waals surface area contributed by atoms with Crippen LogP contribution in [0.15, 0.2) is 90.4 Å². The van der Waals surface area contributed by atoms with Crippen molar-refractivity contribution in [1.82, 2.24) is 14.8 Å². The molecule has 36 heavy (non-hydrogen) atoms. The van der Waals surface area contributed by atoms with Crippen molar-refractivity contribution in [2.24, 2.45) is 0 Å². The molecule has 8 nitrogen and oxygen atoms in total. The fourth-order valence-corrected chi connectivity index (χ4v) is 4.16. The van der Waals surface area contributed by atoms with E-state index in [9.17, 15) is 9.18 Å². The molecule has 5 rings (SSSR count). The zero-order valence-corrected chi connectivity index (χ0v) is 19.7. The quantitative estimate of drug-likeness (QED) is 0.386. The number of hydrogen-bond donors (Lipinski definition) is 2. The highest BCUT2D eigenvalue weighted by molar-refractivity contribution is 6.06. The maximum atomic E-state index is 14.0. The van der Waals surface area contributed by atoms with E-state index in [1.54, 1.807) is 35.0 Å². The van der Waals surface area contributed by atoms with Crippen molar-refractivity contribution in [3.05, 3.63) is 107 Å². The van der Waals surface area contributed by atoms with E-state index in [1.165, 1.54) is 19.5 Å². The Kier molecular flexibility index (Phi) is 6.36. The summed E-state index contributed by atoms with van der Waals surface area (Å²) < 4.78 is 27.1. The molecule has 182 valence electrons. The van der Waals surface area contributed by atoms with Crippen LogP contribution >= 0.6 is 0 Å². The predicted molar refractivity (Wildman–Crippen MR) is 133 cm³/mol. The molecular formula is C27H24FN5O3. The largest absolute Gasteiger partial charge is 0.493 e. The number of anilines is 2. The summed E-state index contributed by atoms with van der Waals surface area (Å²) in [6.45, 7) is 1.88. The van der Waals surface area contributed by atoms with Crippen LogP contribution in [-0.4, -0.2) is 27.8 Å². The molecule has 4 aromatic rings. The minimum Gasteiger partial charge on any atom is -0.493 e. The minimum absolute atomic E-state index is 0.0483. The van der Waals surface area contributed by atoms with E-state index in [4.69, 9.17) is 9.47 Å². The van der Waals surface area contributed by atoms with Gasteiger partial charge in [0.2, 0.25) is 5.95 Å². The van der Waals surface area contributed by atoms with Gasteiger partial charge >= 0.3 is 0 Å². The summed E-state index contributed by atoms with van der Waals surface area (Å²) in [5.74, 6) is 0.817. The number of para-hydroxylation sites is 1. The minimum atomic E-state index is -0.568. The molecule has 1 aromatic heterocycles. The molecule has 0 radical (unpaired) electrons. The van der Waals surface area contributed by atoms with E-state index in [1.807, 2.05) is 43.3 Å². The number of halogens is 1. The van der Waals surface area contributed by atoms with Gasteiger partial charge in [-0.05, 0) is 42.8 Å². The molecular weight excluding hydrogens is 461 g/mol. The zero-order valence-electron chi connectivity index (χ0n) is 19.7. The van der Waals surface area contributed by atoms with E-state index in [2.05, 4.69) is 20.7 Å². The summed E-state index contributed by atoms with van der Waals surface area (Å²) in [6.07, 6.45) is 1.43. The summed E-state index contributed by atoms with van der Waals surface area (Å²) in [6, 6.07) is 20.5. The number of fused-ring (bicyclic) bond motifs is 1. The number of rotatable bonds is 7. The fraction of sp³-hybridized carbons (Fsp3) is 0.148. The lowest BCUT2D eigenvalue weighted by atomic mass is 9.94. The molecule has 0 unspecified atom stereocenters. The molecule has 2 N–H and O–H groups in total. The van der Waals surface area contributed by atoms with Crippen molar-refractivity contribution in [1.29, 1.82) is 0 Å². The molecule has 0 bridgehead atoms. The summed E-state index contributed by atoms with van der Waals surface area (Å²) in [5, 5.41) is 10.5. The Labute approximate surface area is 207 Å². The van der Waals surface area contributed by atoms with E-state index in [-0.39, 0.29) is 18.3 Å².